The van der Waals surface area contributed by atoms with E-state index in [1.54, 1.807) is 12.3 Å². The number of hydrogen-bond acceptors (Lipinski definition) is 4. The smallest absolute Gasteiger partial charge is 0.277 e. The van der Waals surface area contributed by atoms with Crippen molar-refractivity contribution in [2.45, 2.75) is 65.5 Å². The van der Waals surface area contributed by atoms with E-state index in [1.807, 2.05) is 18.2 Å². The zero-order valence-corrected chi connectivity index (χ0v) is 20.8. The molecule has 0 saturated heterocycles. The molecule has 0 aromatic heterocycles. The van der Waals surface area contributed by atoms with Crippen LogP contribution in [0.15, 0.2) is 46.0 Å². The Kier molecular flexibility index (Phi) is 7.10. The van der Waals surface area contributed by atoms with Gasteiger partial charge in [0.15, 0.2) is 6.61 Å². The van der Waals surface area contributed by atoms with Gasteiger partial charge in [0.1, 0.15) is 5.75 Å². The molecule has 0 bridgehead atoms. The minimum Gasteiger partial charge on any atom is -0.484 e. The molecule has 1 heterocycles. The normalized spacial score (nSPS) is 17.7. The molecule has 3 rings (SSSR count). The molecule has 31 heavy (non-hydrogen) atoms. The number of carbonyl (C=O) groups excluding carboxylic acids is 1. The molecule has 0 fully saturated rings. The van der Waals surface area contributed by atoms with Crippen LogP contribution in [0.1, 0.15) is 63.6 Å². The van der Waals surface area contributed by atoms with Crippen molar-refractivity contribution in [3.8, 4) is 5.75 Å². The molecule has 1 N–H and O–H groups in total. The molecule has 1 aliphatic rings. The van der Waals surface area contributed by atoms with Gasteiger partial charge >= 0.3 is 0 Å². The summed E-state index contributed by atoms with van der Waals surface area (Å²) in [5.74, 6) is 0.791. The number of carbonyl (C=O) groups is 1. The van der Waals surface area contributed by atoms with Gasteiger partial charge in [-0.1, -0.05) is 28.9 Å². The standard InChI is InChI=1S/C25H32BrN3O2/c1-16(2)29-23-10-17(3)19(11-22(23)18(4)13-25(29,5)6)14-27-28-24(30)15-31-21-9-7-8-20(26)12-21/h7-12,14,16,18H,13,15H2,1-6H3,(H,28,30)/b27-14-. The first-order valence-electron chi connectivity index (χ1n) is 10.7. The number of rotatable bonds is 6. The van der Waals surface area contributed by atoms with E-state index in [1.165, 1.54) is 11.3 Å². The summed E-state index contributed by atoms with van der Waals surface area (Å²) in [5.41, 5.74) is 7.47. The molecule has 1 aliphatic heterocycles. The Labute approximate surface area is 194 Å². The molecule has 5 nitrogen and oxygen atoms in total. The van der Waals surface area contributed by atoms with Gasteiger partial charge in [0.05, 0.1) is 6.21 Å². The van der Waals surface area contributed by atoms with E-state index in [4.69, 9.17) is 4.74 Å². The first-order chi connectivity index (χ1) is 14.6. The molecule has 2 aromatic rings. The van der Waals surface area contributed by atoms with Crippen LogP contribution in [0.25, 0.3) is 0 Å². The van der Waals surface area contributed by atoms with Crippen LogP contribution in [0.2, 0.25) is 0 Å². The fraction of sp³-hybridized carbons (Fsp3) is 0.440. The van der Waals surface area contributed by atoms with E-state index in [2.05, 4.69) is 85.0 Å². The minimum absolute atomic E-state index is 0.0908. The zero-order valence-electron chi connectivity index (χ0n) is 19.2. The Morgan fingerprint density at radius 2 is 2.10 bits per heavy atom. The van der Waals surface area contributed by atoms with Gasteiger partial charge in [0.25, 0.3) is 5.91 Å². The molecule has 166 valence electrons. The van der Waals surface area contributed by atoms with Crippen molar-refractivity contribution in [2.24, 2.45) is 5.10 Å². The van der Waals surface area contributed by atoms with Crippen molar-refractivity contribution in [1.82, 2.24) is 5.43 Å². The van der Waals surface area contributed by atoms with Crippen LogP contribution in [-0.4, -0.2) is 30.3 Å². The van der Waals surface area contributed by atoms with Gasteiger partial charge in [-0.25, -0.2) is 5.43 Å². The first kappa shape index (κ1) is 23.3. The Hall–Kier alpha value is -2.34. The second-order valence-corrected chi connectivity index (χ2v) is 10.1. The van der Waals surface area contributed by atoms with E-state index >= 15 is 0 Å². The van der Waals surface area contributed by atoms with Crippen LogP contribution in [0.4, 0.5) is 5.69 Å². The highest BCUT2D eigenvalue weighted by Gasteiger charge is 2.37. The Bertz CT molecular complexity index is 985. The molecule has 1 amide bonds. The molecular formula is C25H32BrN3O2. The van der Waals surface area contributed by atoms with E-state index < -0.39 is 0 Å². The topological polar surface area (TPSA) is 53.9 Å². The van der Waals surface area contributed by atoms with Gasteiger partial charge < -0.3 is 9.64 Å². The number of hydrazone groups is 1. The van der Waals surface area contributed by atoms with Crippen molar-refractivity contribution in [2.75, 3.05) is 11.5 Å². The molecule has 1 atom stereocenters. The van der Waals surface area contributed by atoms with Crippen LogP contribution < -0.4 is 15.1 Å². The van der Waals surface area contributed by atoms with Gasteiger partial charge in [-0.15, -0.1) is 0 Å². The fourth-order valence-corrected chi connectivity index (χ4v) is 5.02. The van der Waals surface area contributed by atoms with E-state index in [0.717, 1.165) is 22.0 Å². The largest absolute Gasteiger partial charge is 0.484 e. The maximum absolute atomic E-state index is 12.1. The van der Waals surface area contributed by atoms with Crippen molar-refractivity contribution < 1.29 is 9.53 Å². The summed E-state index contributed by atoms with van der Waals surface area (Å²) in [4.78, 5) is 14.6. The number of nitrogens with zero attached hydrogens (tertiary/aromatic N) is 2. The van der Waals surface area contributed by atoms with Crippen molar-refractivity contribution in [3.63, 3.8) is 0 Å². The quantitative estimate of drug-likeness (QED) is 0.416. The molecule has 0 radical (unpaired) electrons. The average molecular weight is 486 g/mol. The highest BCUT2D eigenvalue weighted by Crippen LogP contribution is 2.45. The molecule has 2 aromatic carbocycles. The fourth-order valence-electron chi connectivity index (χ4n) is 4.64. The van der Waals surface area contributed by atoms with Crippen LogP contribution in [0.5, 0.6) is 5.75 Å². The summed E-state index contributed by atoms with van der Waals surface area (Å²) < 4.78 is 6.40. The Morgan fingerprint density at radius 1 is 1.35 bits per heavy atom. The molecule has 0 spiro atoms. The van der Waals surface area contributed by atoms with E-state index in [0.29, 0.717) is 17.7 Å². The lowest BCUT2D eigenvalue weighted by atomic mass is 9.78. The third kappa shape index (κ3) is 5.48. The van der Waals surface area contributed by atoms with Gasteiger partial charge in [-0.05, 0) is 94.0 Å². The summed E-state index contributed by atoms with van der Waals surface area (Å²) in [6.45, 7) is 13.4. The van der Waals surface area contributed by atoms with E-state index in [9.17, 15) is 4.79 Å². The number of fused-ring (bicyclic) bond motifs is 1. The van der Waals surface area contributed by atoms with Gasteiger partial charge in [0.2, 0.25) is 0 Å². The van der Waals surface area contributed by atoms with Gasteiger partial charge in [-0.2, -0.15) is 5.10 Å². The number of halogens is 1. The molecule has 6 heteroatoms. The molecular weight excluding hydrogens is 454 g/mol. The summed E-state index contributed by atoms with van der Waals surface area (Å²) in [6, 6.07) is 12.3. The highest BCUT2D eigenvalue weighted by atomic mass is 79.9. The summed E-state index contributed by atoms with van der Waals surface area (Å²) in [7, 11) is 0. The number of benzene rings is 2. The van der Waals surface area contributed by atoms with Crippen LogP contribution >= 0.6 is 15.9 Å². The van der Waals surface area contributed by atoms with Crippen molar-refractivity contribution in [1.29, 1.82) is 0 Å². The lowest BCUT2D eigenvalue weighted by Crippen LogP contribution is -2.51. The van der Waals surface area contributed by atoms with Gasteiger partial charge in [-0.3, -0.25) is 4.79 Å². The SMILES string of the molecule is Cc1cc2c(cc1/C=N\NC(=O)COc1cccc(Br)c1)C(C)CC(C)(C)N2C(C)C. The van der Waals surface area contributed by atoms with Crippen molar-refractivity contribution >= 4 is 33.7 Å². The molecule has 0 aliphatic carbocycles. The maximum Gasteiger partial charge on any atom is 0.277 e. The summed E-state index contributed by atoms with van der Waals surface area (Å²) in [6.07, 6.45) is 2.82. The maximum atomic E-state index is 12.1. The molecule has 1 unspecified atom stereocenters. The second-order valence-electron chi connectivity index (χ2n) is 9.19. The monoisotopic (exact) mass is 485 g/mol. The number of ether oxygens (including phenoxy) is 1. The predicted molar refractivity (Wildman–Crippen MR) is 131 cm³/mol. The molecule has 0 saturated carbocycles. The van der Waals surface area contributed by atoms with Crippen LogP contribution in [0, 0.1) is 6.92 Å². The third-order valence-corrected chi connectivity index (χ3v) is 6.23. The highest BCUT2D eigenvalue weighted by molar-refractivity contribution is 9.10. The Balaban J connectivity index is 1.70. The first-order valence-corrected chi connectivity index (χ1v) is 11.5. The van der Waals surface area contributed by atoms with Crippen LogP contribution in [-0.2, 0) is 4.79 Å². The van der Waals surface area contributed by atoms with Crippen molar-refractivity contribution in [3.05, 3.63) is 57.6 Å². The average Bonchev–Trinajstić information content (AvgIpc) is 2.66. The Morgan fingerprint density at radius 3 is 2.77 bits per heavy atom. The van der Waals surface area contributed by atoms with Crippen LogP contribution in [0.3, 0.4) is 0 Å². The predicted octanol–water partition coefficient (Wildman–Crippen LogP) is 5.79. The number of hydrogen-bond donors (Lipinski definition) is 1. The van der Waals surface area contributed by atoms with E-state index in [-0.39, 0.29) is 18.1 Å². The second kappa shape index (κ2) is 9.43. The number of aryl methyl sites for hydroxylation is 1. The third-order valence-electron chi connectivity index (χ3n) is 5.74. The minimum atomic E-state index is -0.298. The number of amides is 1. The lowest BCUT2D eigenvalue weighted by molar-refractivity contribution is -0.123. The number of anilines is 1. The summed E-state index contributed by atoms with van der Waals surface area (Å²) >= 11 is 3.38. The number of nitrogens with one attached hydrogen (secondary N) is 1. The lowest BCUT2D eigenvalue weighted by Gasteiger charge is -2.50. The summed E-state index contributed by atoms with van der Waals surface area (Å²) in [5, 5.41) is 4.16. The zero-order chi connectivity index (χ0) is 22.8. The van der Waals surface area contributed by atoms with Gasteiger partial charge in [0, 0.05) is 21.7 Å².